The van der Waals surface area contributed by atoms with Crippen molar-refractivity contribution in [3.05, 3.63) is 88.2 Å². The number of nitrogens with zero attached hydrogens (tertiary/aromatic N) is 2. The van der Waals surface area contributed by atoms with Crippen molar-refractivity contribution in [1.82, 2.24) is 14.9 Å². The standard InChI is InChI=1S/C26H22Cl2F3N3O3S/c1-25(38(2,36)37)13-17(16-7-4-3-5-8-16)11-12-21(25)34-14-20(24(35)32-15-26(29,30)31)33-23(34)22-18(27)9-6-10-19(22)28/h3-12,14H,13,15H2,1-2H3,(H,32,35). The Morgan fingerprint density at radius 2 is 1.71 bits per heavy atom. The van der Waals surface area contributed by atoms with Crippen LogP contribution in [0.3, 0.4) is 0 Å². The molecule has 6 nitrogen and oxygen atoms in total. The van der Waals surface area contributed by atoms with Crippen LogP contribution in [0.25, 0.3) is 22.7 Å². The van der Waals surface area contributed by atoms with Crippen molar-refractivity contribution in [2.24, 2.45) is 0 Å². The average Bonchev–Trinajstić information content (AvgIpc) is 3.26. The summed E-state index contributed by atoms with van der Waals surface area (Å²) in [7, 11) is -3.80. The molecular weight excluding hydrogens is 562 g/mol. The first-order valence-corrected chi connectivity index (χ1v) is 13.9. The van der Waals surface area contributed by atoms with Gasteiger partial charge in [0, 0.05) is 18.1 Å². The number of amides is 1. The number of hydrogen-bond donors (Lipinski definition) is 1. The average molecular weight is 584 g/mol. The van der Waals surface area contributed by atoms with Crippen molar-refractivity contribution in [2.45, 2.75) is 24.3 Å². The molecule has 0 saturated carbocycles. The number of benzene rings is 2. The van der Waals surface area contributed by atoms with Crippen LogP contribution in [0.4, 0.5) is 13.2 Å². The van der Waals surface area contributed by atoms with Crippen molar-refractivity contribution >= 4 is 50.2 Å². The van der Waals surface area contributed by atoms with Crippen LogP contribution < -0.4 is 5.32 Å². The highest BCUT2D eigenvalue weighted by atomic mass is 35.5. The van der Waals surface area contributed by atoms with Crippen molar-refractivity contribution in [3.63, 3.8) is 0 Å². The molecule has 2 aromatic carbocycles. The Balaban J connectivity index is 1.94. The minimum atomic E-state index is -4.63. The van der Waals surface area contributed by atoms with E-state index in [9.17, 15) is 26.4 Å². The maximum absolute atomic E-state index is 13.2. The lowest BCUT2D eigenvalue weighted by atomic mass is 9.87. The maximum atomic E-state index is 13.2. The van der Waals surface area contributed by atoms with Crippen LogP contribution in [0.2, 0.25) is 10.0 Å². The Bertz CT molecular complexity index is 1540. The molecule has 1 unspecified atom stereocenters. The van der Waals surface area contributed by atoms with Gasteiger partial charge in [-0.05, 0) is 42.7 Å². The van der Waals surface area contributed by atoms with Gasteiger partial charge in [-0.25, -0.2) is 13.4 Å². The SMILES string of the molecule is CC1(S(C)(=O)=O)CC(c2ccccc2)=CC=C1n1cc(C(=O)NCC(F)(F)F)nc1-c1c(Cl)cccc1Cl. The predicted octanol–water partition coefficient (Wildman–Crippen LogP) is 6.28. The van der Waals surface area contributed by atoms with Gasteiger partial charge in [-0.15, -0.1) is 0 Å². The summed E-state index contributed by atoms with van der Waals surface area (Å²) in [5, 5.41) is 2.10. The van der Waals surface area contributed by atoms with Gasteiger partial charge in [0.15, 0.2) is 9.84 Å². The first-order chi connectivity index (χ1) is 17.7. The number of allylic oxidation sites excluding steroid dienone is 3. The topological polar surface area (TPSA) is 81.1 Å². The Hall–Kier alpha value is -3.08. The Morgan fingerprint density at radius 1 is 1.08 bits per heavy atom. The maximum Gasteiger partial charge on any atom is 0.405 e. The van der Waals surface area contributed by atoms with Gasteiger partial charge in [-0.1, -0.05) is 65.7 Å². The van der Waals surface area contributed by atoms with Crippen LogP contribution in [0, 0.1) is 0 Å². The summed E-state index contributed by atoms with van der Waals surface area (Å²) < 4.78 is 64.5. The van der Waals surface area contributed by atoms with E-state index in [0.717, 1.165) is 17.4 Å². The number of halogens is 5. The van der Waals surface area contributed by atoms with Crippen molar-refractivity contribution in [3.8, 4) is 11.4 Å². The Labute approximate surface area is 227 Å². The molecule has 200 valence electrons. The summed E-state index contributed by atoms with van der Waals surface area (Å²) in [6.07, 6.45) is 1.11. The predicted molar refractivity (Wildman–Crippen MR) is 143 cm³/mol. The molecule has 1 aliphatic carbocycles. The van der Waals surface area contributed by atoms with Crippen LogP contribution in [-0.4, -0.2) is 47.6 Å². The van der Waals surface area contributed by atoms with E-state index in [1.807, 2.05) is 30.3 Å². The number of carbonyl (C=O) groups is 1. The molecule has 1 heterocycles. The summed E-state index contributed by atoms with van der Waals surface area (Å²) in [5.74, 6) is -1.08. The van der Waals surface area contributed by atoms with E-state index in [2.05, 4.69) is 4.98 Å². The number of aromatic nitrogens is 2. The quantitative estimate of drug-likeness (QED) is 0.370. The first-order valence-electron chi connectivity index (χ1n) is 11.3. The number of hydrogen-bond acceptors (Lipinski definition) is 4. The lowest BCUT2D eigenvalue weighted by molar-refractivity contribution is -0.123. The van der Waals surface area contributed by atoms with E-state index in [0.29, 0.717) is 0 Å². The monoisotopic (exact) mass is 583 g/mol. The van der Waals surface area contributed by atoms with E-state index in [1.165, 1.54) is 22.9 Å². The van der Waals surface area contributed by atoms with Gasteiger partial charge in [0.1, 0.15) is 22.8 Å². The highest BCUT2D eigenvalue weighted by molar-refractivity contribution is 7.92. The lowest BCUT2D eigenvalue weighted by Crippen LogP contribution is -2.39. The fraction of sp³-hybridized carbons (Fsp3) is 0.231. The van der Waals surface area contributed by atoms with E-state index < -0.39 is 33.2 Å². The fourth-order valence-corrected chi connectivity index (χ4v) is 5.74. The molecule has 0 fully saturated rings. The molecular formula is C26H22Cl2F3N3O3S. The summed E-state index contributed by atoms with van der Waals surface area (Å²) in [6, 6.07) is 13.9. The van der Waals surface area contributed by atoms with E-state index in [1.54, 1.807) is 30.5 Å². The zero-order valence-electron chi connectivity index (χ0n) is 20.2. The normalized spacial score (nSPS) is 18.1. The molecule has 0 saturated heterocycles. The van der Waals surface area contributed by atoms with E-state index in [-0.39, 0.29) is 39.2 Å². The third-order valence-corrected chi connectivity index (χ3v) is 8.93. The van der Waals surface area contributed by atoms with Gasteiger partial charge >= 0.3 is 6.18 Å². The van der Waals surface area contributed by atoms with Gasteiger partial charge in [-0.3, -0.25) is 4.79 Å². The van der Waals surface area contributed by atoms with E-state index >= 15 is 0 Å². The lowest BCUT2D eigenvalue weighted by Gasteiger charge is -2.35. The molecule has 1 aliphatic rings. The smallest absolute Gasteiger partial charge is 0.342 e. The van der Waals surface area contributed by atoms with Crippen molar-refractivity contribution < 1.29 is 26.4 Å². The molecule has 4 rings (SSSR count). The third-order valence-electron chi connectivity index (χ3n) is 6.31. The first kappa shape index (κ1) is 27.9. The second-order valence-corrected chi connectivity index (χ2v) is 12.3. The molecule has 1 atom stereocenters. The van der Waals surface area contributed by atoms with Crippen LogP contribution in [0.15, 0.2) is 66.9 Å². The molecule has 0 aliphatic heterocycles. The molecule has 12 heteroatoms. The van der Waals surface area contributed by atoms with Gasteiger partial charge in [0.2, 0.25) is 0 Å². The van der Waals surface area contributed by atoms with Crippen LogP contribution >= 0.6 is 23.2 Å². The van der Waals surface area contributed by atoms with E-state index in [4.69, 9.17) is 23.2 Å². The number of carbonyl (C=O) groups excluding carboxylic acids is 1. The Morgan fingerprint density at radius 3 is 2.29 bits per heavy atom. The minimum Gasteiger partial charge on any atom is -0.342 e. The molecule has 0 radical (unpaired) electrons. The van der Waals surface area contributed by atoms with Gasteiger partial charge in [-0.2, -0.15) is 13.2 Å². The summed E-state index contributed by atoms with van der Waals surface area (Å²) in [6.45, 7) is -0.0146. The number of alkyl halides is 3. The van der Waals surface area contributed by atoms with Crippen LogP contribution in [-0.2, 0) is 9.84 Å². The molecule has 38 heavy (non-hydrogen) atoms. The van der Waals surface area contributed by atoms with Crippen molar-refractivity contribution in [2.75, 3.05) is 12.8 Å². The number of imidazole rings is 1. The molecule has 0 spiro atoms. The van der Waals surface area contributed by atoms with Gasteiger partial charge in [0.25, 0.3) is 5.91 Å². The van der Waals surface area contributed by atoms with Crippen LogP contribution in [0.5, 0.6) is 0 Å². The number of nitrogens with one attached hydrogen (secondary N) is 1. The number of sulfone groups is 1. The second kappa shape index (κ2) is 10.2. The van der Waals surface area contributed by atoms with Gasteiger partial charge in [0.05, 0.1) is 15.6 Å². The molecule has 1 aromatic heterocycles. The molecule has 1 amide bonds. The molecule has 0 bridgehead atoms. The minimum absolute atomic E-state index is 0.00967. The van der Waals surface area contributed by atoms with Gasteiger partial charge < -0.3 is 9.88 Å². The molecule has 1 N–H and O–H groups in total. The highest BCUT2D eigenvalue weighted by Gasteiger charge is 2.44. The Kier molecular flexibility index (Phi) is 7.53. The van der Waals surface area contributed by atoms with Crippen molar-refractivity contribution in [1.29, 1.82) is 0 Å². The summed E-state index contributed by atoms with van der Waals surface area (Å²) in [4.78, 5) is 16.9. The fourth-order valence-electron chi connectivity index (χ4n) is 4.21. The second-order valence-electron chi connectivity index (χ2n) is 9.00. The number of rotatable bonds is 6. The molecule has 3 aromatic rings. The zero-order chi connectivity index (χ0) is 27.9. The largest absolute Gasteiger partial charge is 0.405 e. The zero-order valence-corrected chi connectivity index (χ0v) is 22.5. The summed E-state index contributed by atoms with van der Waals surface area (Å²) >= 11 is 12.8. The summed E-state index contributed by atoms with van der Waals surface area (Å²) in [5.41, 5.74) is 1.66. The van der Waals surface area contributed by atoms with Crippen LogP contribution in [0.1, 0.15) is 29.4 Å². The highest BCUT2D eigenvalue weighted by Crippen LogP contribution is 2.44. The third kappa shape index (κ3) is 5.52.